The van der Waals surface area contributed by atoms with Crippen LogP contribution in [0, 0.1) is 18.3 Å². The van der Waals surface area contributed by atoms with Crippen molar-refractivity contribution in [2.75, 3.05) is 0 Å². The number of nitriles is 1. The molecule has 3 rings (SSSR count). The van der Waals surface area contributed by atoms with Gasteiger partial charge in [-0.25, -0.2) is 19.4 Å². The van der Waals surface area contributed by atoms with Crippen LogP contribution in [0.1, 0.15) is 32.9 Å². The van der Waals surface area contributed by atoms with Crippen LogP contribution in [-0.4, -0.2) is 30.8 Å². The summed E-state index contributed by atoms with van der Waals surface area (Å²) in [6.45, 7) is 1.96. The fourth-order valence-electron chi connectivity index (χ4n) is 2.36. The van der Waals surface area contributed by atoms with Crippen molar-refractivity contribution in [1.29, 1.82) is 5.26 Å². The molecule has 0 radical (unpaired) electrons. The molecule has 0 saturated heterocycles. The summed E-state index contributed by atoms with van der Waals surface area (Å²) in [5, 5.41) is 22.3. The first-order chi connectivity index (χ1) is 12.1. The second-order valence-electron chi connectivity index (χ2n) is 5.27. The molecule has 0 spiro atoms. The van der Waals surface area contributed by atoms with Gasteiger partial charge in [0.1, 0.15) is 24.4 Å². The van der Waals surface area contributed by atoms with E-state index in [9.17, 15) is 4.79 Å². The summed E-state index contributed by atoms with van der Waals surface area (Å²) in [4.78, 5) is 19.0. The molecule has 0 aliphatic rings. The van der Waals surface area contributed by atoms with Gasteiger partial charge in [0, 0.05) is 0 Å². The Morgan fingerprint density at radius 1 is 1.28 bits per heavy atom. The third-order valence-electron chi connectivity index (χ3n) is 3.58. The average Bonchev–Trinajstić information content (AvgIpc) is 3.14. The van der Waals surface area contributed by atoms with Gasteiger partial charge in [-0.15, -0.1) is 0 Å². The van der Waals surface area contributed by atoms with E-state index in [4.69, 9.17) is 10.4 Å². The summed E-state index contributed by atoms with van der Waals surface area (Å²) < 4.78 is 1.68. The van der Waals surface area contributed by atoms with Crippen molar-refractivity contribution >= 4 is 18.1 Å². The van der Waals surface area contributed by atoms with Gasteiger partial charge in [-0.2, -0.15) is 10.4 Å². The normalized spacial score (nSPS) is 10.7. The first kappa shape index (κ1) is 16.1. The molecule has 25 heavy (non-hydrogen) atoms. The maximum atomic E-state index is 11.0. The van der Waals surface area contributed by atoms with E-state index in [-0.39, 0.29) is 5.69 Å². The molecule has 122 valence electrons. The SMILES string of the molecule is Cc1cc(/C=C/c2nc(C(=O)O)ccc2C#N)ccc1-n1cncn1. The molecule has 0 aliphatic heterocycles. The van der Waals surface area contributed by atoms with Crippen LogP contribution >= 0.6 is 0 Å². The summed E-state index contributed by atoms with van der Waals surface area (Å²) in [7, 11) is 0. The van der Waals surface area contributed by atoms with Gasteiger partial charge in [0.15, 0.2) is 0 Å². The van der Waals surface area contributed by atoms with E-state index in [1.165, 1.54) is 18.5 Å². The van der Waals surface area contributed by atoms with E-state index >= 15 is 0 Å². The Kier molecular flexibility index (Phi) is 4.35. The number of carbonyl (C=O) groups is 1. The molecule has 0 fully saturated rings. The molecule has 0 bridgehead atoms. The zero-order valence-corrected chi connectivity index (χ0v) is 13.3. The second-order valence-corrected chi connectivity index (χ2v) is 5.27. The number of aromatic carboxylic acids is 1. The van der Waals surface area contributed by atoms with Crippen LogP contribution in [-0.2, 0) is 0 Å². The van der Waals surface area contributed by atoms with E-state index in [1.807, 2.05) is 31.2 Å². The van der Waals surface area contributed by atoms with Gasteiger partial charge in [-0.3, -0.25) is 0 Å². The lowest BCUT2D eigenvalue weighted by Gasteiger charge is -2.06. The van der Waals surface area contributed by atoms with Gasteiger partial charge in [0.2, 0.25) is 0 Å². The fourth-order valence-corrected chi connectivity index (χ4v) is 2.36. The Bertz CT molecular complexity index is 1000. The summed E-state index contributed by atoms with van der Waals surface area (Å²) in [6, 6.07) is 10.5. The average molecular weight is 331 g/mol. The number of nitrogens with zero attached hydrogens (tertiary/aromatic N) is 5. The fraction of sp³-hybridized carbons (Fsp3) is 0.0556. The molecular weight excluding hydrogens is 318 g/mol. The molecule has 3 aromatic rings. The number of aromatic nitrogens is 4. The smallest absolute Gasteiger partial charge is 0.354 e. The van der Waals surface area contributed by atoms with Gasteiger partial charge in [0.05, 0.1) is 16.9 Å². The van der Waals surface area contributed by atoms with Crippen molar-refractivity contribution in [2.45, 2.75) is 6.92 Å². The van der Waals surface area contributed by atoms with Crippen molar-refractivity contribution in [1.82, 2.24) is 19.7 Å². The number of pyridine rings is 1. The van der Waals surface area contributed by atoms with Crippen LogP contribution in [0.5, 0.6) is 0 Å². The minimum absolute atomic E-state index is 0.101. The zero-order chi connectivity index (χ0) is 17.8. The van der Waals surface area contributed by atoms with E-state index in [2.05, 4.69) is 15.1 Å². The molecule has 1 aromatic carbocycles. The lowest BCUT2D eigenvalue weighted by molar-refractivity contribution is 0.0690. The third kappa shape index (κ3) is 3.43. The molecule has 0 atom stereocenters. The molecule has 0 amide bonds. The number of benzene rings is 1. The summed E-state index contributed by atoms with van der Waals surface area (Å²) in [5.41, 5.74) is 3.35. The van der Waals surface area contributed by atoms with Gasteiger partial charge < -0.3 is 5.11 Å². The van der Waals surface area contributed by atoms with Crippen molar-refractivity contribution < 1.29 is 9.90 Å². The maximum Gasteiger partial charge on any atom is 0.354 e. The minimum atomic E-state index is -1.13. The van der Waals surface area contributed by atoms with Gasteiger partial charge in [0.25, 0.3) is 0 Å². The second kappa shape index (κ2) is 6.76. The number of aryl methyl sites for hydroxylation is 1. The maximum absolute atomic E-state index is 11.0. The number of rotatable bonds is 4. The van der Waals surface area contributed by atoms with E-state index in [0.717, 1.165) is 16.8 Å². The molecule has 0 saturated carbocycles. The van der Waals surface area contributed by atoms with E-state index in [1.54, 1.807) is 23.2 Å². The van der Waals surface area contributed by atoms with Crippen LogP contribution in [0.25, 0.3) is 17.8 Å². The molecule has 7 nitrogen and oxygen atoms in total. The quantitative estimate of drug-likeness (QED) is 0.788. The van der Waals surface area contributed by atoms with E-state index in [0.29, 0.717) is 11.3 Å². The lowest BCUT2D eigenvalue weighted by atomic mass is 10.1. The molecule has 0 aliphatic carbocycles. The van der Waals surface area contributed by atoms with E-state index < -0.39 is 5.97 Å². The highest BCUT2D eigenvalue weighted by molar-refractivity contribution is 5.86. The lowest BCUT2D eigenvalue weighted by Crippen LogP contribution is -2.02. The van der Waals surface area contributed by atoms with Crippen LogP contribution < -0.4 is 0 Å². The highest BCUT2D eigenvalue weighted by atomic mass is 16.4. The third-order valence-corrected chi connectivity index (χ3v) is 3.58. The van der Waals surface area contributed by atoms with Crippen LogP contribution in [0.2, 0.25) is 0 Å². The van der Waals surface area contributed by atoms with Crippen LogP contribution in [0.3, 0.4) is 0 Å². The monoisotopic (exact) mass is 331 g/mol. The van der Waals surface area contributed by atoms with Crippen LogP contribution in [0.15, 0.2) is 43.0 Å². The van der Waals surface area contributed by atoms with Crippen molar-refractivity contribution in [3.05, 3.63) is 71.1 Å². The Morgan fingerprint density at radius 2 is 2.12 bits per heavy atom. The first-order valence-electron chi connectivity index (χ1n) is 7.36. The molecule has 2 aromatic heterocycles. The largest absolute Gasteiger partial charge is 0.477 e. The molecular formula is C18H13N5O2. The summed E-state index contributed by atoms with van der Waals surface area (Å²) in [5.74, 6) is -1.13. The predicted molar refractivity (Wildman–Crippen MR) is 90.9 cm³/mol. The van der Waals surface area contributed by atoms with Crippen molar-refractivity contribution in [3.63, 3.8) is 0 Å². The van der Waals surface area contributed by atoms with Gasteiger partial charge in [-0.05, 0) is 48.4 Å². The summed E-state index contributed by atoms with van der Waals surface area (Å²) >= 11 is 0. The first-order valence-corrected chi connectivity index (χ1v) is 7.36. The van der Waals surface area contributed by atoms with Gasteiger partial charge in [-0.1, -0.05) is 12.1 Å². The van der Waals surface area contributed by atoms with Crippen molar-refractivity contribution in [2.24, 2.45) is 0 Å². The summed E-state index contributed by atoms with van der Waals surface area (Å²) in [6.07, 6.45) is 6.51. The molecule has 7 heteroatoms. The highest BCUT2D eigenvalue weighted by Gasteiger charge is 2.08. The standard InChI is InChI=1S/C18H13N5O2/c1-12-8-13(3-7-17(12)23-11-20-10-21-23)2-5-15-14(9-19)4-6-16(22-15)18(24)25/h2-8,10-11H,1H3,(H,24,25)/b5-2+. The minimum Gasteiger partial charge on any atom is -0.477 e. The zero-order valence-electron chi connectivity index (χ0n) is 13.3. The number of carboxylic acid groups (broad SMARTS) is 1. The van der Waals surface area contributed by atoms with Crippen molar-refractivity contribution in [3.8, 4) is 11.8 Å². The van der Waals surface area contributed by atoms with Gasteiger partial charge >= 0.3 is 5.97 Å². The highest BCUT2D eigenvalue weighted by Crippen LogP contribution is 2.17. The Labute approximate surface area is 143 Å². The number of carboxylic acids is 1. The Hall–Kier alpha value is -3.79. The predicted octanol–water partition coefficient (Wildman–Crippen LogP) is 2.71. The topological polar surface area (TPSA) is 105 Å². The number of hydrogen-bond acceptors (Lipinski definition) is 5. The Balaban J connectivity index is 1.92. The molecule has 2 heterocycles. The Morgan fingerprint density at radius 3 is 2.76 bits per heavy atom. The molecule has 1 N–H and O–H groups in total. The number of hydrogen-bond donors (Lipinski definition) is 1. The molecule has 0 unspecified atom stereocenters. The van der Waals surface area contributed by atoms with Crippen LogP contribution in [0.4, 0.5) is 0 Å².